The van der Waals surface area contributed by atoms with Gasteiger partial charge in [-0.2, -0.15) is 9.38 Å². The molecule has 1 aromatic rings. The Bertz CT molecular complexity index is 416. The molecule has 0 fully saturated rings. The fraction of sp³-hybridized carbons (Fsp3) is 0.125. The zero-order valence-electron chi connectivity index (χ0n) is 6.97. The van der Waals surface area contributed by atoms with E-state index in [4.69, 9.17) is 0 Å². The van der Waals surface area contributed by atoms with Crippen molar-refractivity contribution >= 4 is 27.7 Å². The highest BCUT2D eigenvalue weighted by molar-refractivity contribution is 9.10. The van der Waals surface area contributed by atoms with E-state index < -0.39 is 17.4 Å². The molecule has 0 radical (unpaired) electrons. The van der Waals surface area contributed by atoms with Crippen molar-refractivity contribution in [2.45, 2.75) is 0 Å². The molecule has 0 amide bonds. The topological polar surface area (TPSA) is 38.7 Å². The number of halogens is 3. The predicted octanol–water partition coefficient (Wildman–Crippen LogP) is 2.70. The van der Waals surface area contributed by atoms with E-state index in [9.17, 15) is 13.6 Å². The first-order valence-corrected chi connectivity index (χ1v) is 4.20. The molecule has 0 aliphatic rings. The molecule has 14 heavy (non-hydrogen) atoms. The Morgan fingerprint density at radius 2 is 2.14 bits per heavy atom. The molecule has 3 nitrogen and oxygen atoms in total. The molecule has 1 rings (SSSR count). The first-order valence-electron chi connectivity index (χ1n) is 3.41. The maximum absolute atomic E-state index is 13.1. The average Bonchev–Trinajstić information content (AvgIpc) is 2.16. The number of isocyanates is 1. The lowest BCUT2D eigenvalue weighted by molar-refractivity contribution is 0.372. The van der Waals surface area contributed by atoms with Crippen molar-refractivity contribution in [3.63, 3.8) is 0 Å². The summed E-state index contributed by atoms with van der Waals surface area (Å²) in [5, 5.41) is 0. The Labute approximate surface area is 86.5 Å². The van der Waals surface area contributed by atoms with Crippen LogP contribution in [0.2, 0.25) is 0 Å². The van der Waals surface area contributed by atoms with Gasteiger partial charge in [-0.15, -0.1) is 0 Å². The second kappa shape index (κ2) is 4.30. The van der Waals surface area contributed by atoms with Gasteiger partial charge in [-0.25, -0.2) is 9.18 Å². The smallest absolute Gasteiger partial charge is 0.240 e. The first-order chi connectivity index (χ1) is 6.61. The van der Waals surface area contributed by atoms with Crippen molar-refractivity contribution < 1.29 is 18.3 Å². The Balaban J connectivity index is 3.50. The lowest BCUT2D eigenvalue weighted by Crippen LogP contribution is -1.93. The van der Waals surface area contributed by atoms with Gasteiger partial charge in [0, 0.05) is 0 Å². The van der Waals surface area contributed by atoms with Gasteiger partial charge in [0.05, 0.1) is 11.6 Å². The fourth-order valence-electron chi connectivity index (χ4n) is 0.892. The summed E-state index contributed by atoms with van der Waals surface area (Å²) in [6, 6.07) is 1.13. The molecular weight excluding hydrogens is 260 g/mol. The third-order valence-corrected chi connectivity index (χ3v) is 2.05. The first kappa shape index (κ1) is 10.8. The van der Waals surface area contributed by atoms with Crippen LogP contribution in [0, 0.1) is 11.6 Å². The van der Waals surface area contributed by atoms with Crippen LogP contribution in [0.25, 0.3) is 0 Å². The minimum absolute atomic E-state index is 0.117. The zero-order chi connectivity index (χ0) is 10.7. The van der Waals surface area contributed by atoms with Gasteiger partial charge in [0.25, 0.3) is 0 Å². The van der Waals surface area contributed by atoms with Crippen LogP contribution in [0.4, 0.5) is 14.5 Å². The van der Waals surface area contributed by atoms with Crippen LogP contribution >= 0.6 is 15.9 Å². The van der Waals surface area contributed by atoms with Crippen molar-refractivity contribution in [1.29, 1.82) is 0 Å². The van der Waals surface area contributed by atoms with E-state index in [1.165, 1.54) is 6.08 Å². The maximum Gasteiger partial charge on any atom is 0.240 e. The Hall–Kier alpha value is -1.26. The summed E-state index contributed by atoms with van der Waals surface area (Å²) in [5.41, 5.74) is -0.117. The number of ether oxygens (including phenoxy) is 1. The van der Waals surface area contributed by atoms with E-state index in [2.05, 4.69) is 25.7 Å². The van der Waals surface area contributed by atoms with Gasteiger partial charge in [-0.3, -0.25) is 0 Å². The maximum atomic E-state index is 13.1. The molecule has 0 saturated carbocycles. The van der Waals surface area contributed by atoms with Crippen molar-refractivity contribution in [3.8, 4) is 5.75 Å². The fourth-order valence-corrected chi connectivity index (χ4v) is 1.28. The number of rotatable bonds is 2. The summed E-state index contributed by atoms with van der Waals surface area (Å²) >= 11 is 2.77. The minimum atomic E-state index is -1.20. The molecule has 6 heteroatoms. The van der Waals surface area contributed by atoms with Crippen LogP contribution in [0.3, 0.4) is 0 Å². The second-order valence-electron chi connectivity index (χ2n) is 2.24. The van der Waals surface area contributed by atoms with Gasteiger partial charge in [-0.05, 0) is 22.0 Å². The van der Waals surface area contributed by atoms with Crippen LogP contribution in [-0.4, -0.2) is 13.2 Å². The zero-order valence-corrected chi connectivity index (χ0v) is 8.56. The van der Waals surface area contributed by atoms with Crippen LogP contribution < -0.4 is 4.74 Å². The van der Waals surface area contributed by atoms with E-state index in [1.807, 2.05) is 0 Å². The molecule has 0 saturated heterocycles. The minimum Gasteiger partial charge on any atom is -0.491 e. The van der Waals surface area contributed by atoms with E-state index >= 15 is 0 Å². The van der Waals surface area contributed by atoms with Gasteiger partial charge < -0.3 is 4.74 Å². The van der Waals surface area contributed by atoms with Crippen molar-refractivity contribution in [2.24, 2.45) is 4.99 Å². The van der Waals surface area contributed by atoms with E-state index in [0.29, 0.717) is 0 Å². The largest absolute Gasteiger partial charge is 0.491 e. The molecule has 74 valence electrons. The van der Waals surface area contributed by atoms with Gasteiger partial charge in [0.15, 0.2) is 11.6 Å². The SMILES string of the molecule is COc1c(N=C=O)cc(Br)c(F)c1F. The molecule has 0 aromatic heterocycles. The highest BCUT2D eigenvalue weighted by atomic mass is 79.9. The molecule has 0 bridgehead atoms. The average molecular weight is 264 g/mol. The Morgan fingerprint density at radius 3 is 2.64 bits per heavy atom. The molecular formula is C8H4BrF2NO2. The number of nitrogens with zero attached hydrogens (tertiary/aromatic N) is 1. The van der Waals surface area contributed by atoms with Crippen molar-refractivity contribution in [1.82, 2.24) is 0 Å². The van der Waals surface area contributed by atoms with Gasteiger partial charge >= 0.3 is 0 Å². The van der Waals surface area contributed by atoms with E-state index in [1.54, 1.807) is 0 Å². The highest BCUT2D eigenvalue weighted by Crippen LogP contribution is 2.35. The van der Waals surface area contributed by atoms with E-state index in [0.717, 1.165) is 13.2 Å². The third kappa shape index (κ3) is 1.81. The quantitative estimate of drug-likeness (QED) is 0.468. The van der Waals surface area contributed by atoms with Crippen molar-refractivity contribution in [2.75, 3.05) is 7.11 Å². The van der Waals surface area contributed by atoms with Crippen LogP contribution in [0.15, 0.2) is 15.5 Å². The van der Waals surface area contributed by atoms with Crippen LogP contribution in [0.5, 0.6) is 5.75 Å². The Morgan fingerprint density at radius 1 is 1.50 bits per heavy atom. The summed E-state index contributed by atoms with van der Waals surface area (Å²) in [6.45, 7) is 0. The van der Waals surface area contributed by atoms with Gasteiger partial charge in [0.2, 0.25) is 11.9 Å². The predicted molar refractivity (Wildman–Crippen MR) is 48.4 cm³/mol. The third-order valence-electron chi connectivity index (χ3n) is 1.47. The molecule has 0 atom stereocenters. The summed E-state index contributed by atoms with van der Waals surface area (Å²) < 4.78 is 30.5. The normalized spacial score (nSPS) is 9.43. The molecule has 0 aliphatic heterocycles. The van der Waals surface area contributed by atoms with Gasteiger partial charge in [-0.1, -0.05) is 0 Å². The van der Waals surface area contributed by atoms with E-state index in [-0.39, 0.29) is 10.2 Å². The highest BCUT2D eigenvalue weighted by Gasteiger charge is 2.17. The molecule has 0 unspecified atom stereocenters. The molecule has 0 aliphatic carbocycles. The van der Waals surface area contributed by atoms with Crippen LogP contribution in [-0.2, 0) is 4.79 Å². The van der Waals surface area contributed by atoms with Crippen LogP contribution in [0.1, 0.15) is 0 Å². The lowest BCUT2D eigenvalue weighted by Gasteiger charge is -2.06. The number of carbonyl (C=O) groups excluding carboxylic acids is 1. The molecule has 0 heterocycles. The number of methoxy groups -OCH3 is 1. The number of hydrogen-bond acceptors (Lipinski definition) is 3. The standard InChI is InChI=1S/C8H4BrF2NO2/c1-14-8-5(12-3-13)2-4(9)6(10)7(8)11/h2H,1H3. The molecule has 1 aromatic carbocycles. The number of aliphatic imine (C=N–C) groups is 1. The number of hydrogen-bond donors (Lipinski definition) is 0. The second-order valence-corrected chi connectivity index (χ2v) is 3.10. The lowest BCUT2D eigenvalue weighted by atomic mass is 10.2. The summed E-state index contributed by atoms with van der Waals surface area (Å²) in [4.78, 5) is 13.1. The summed E-state index contributed by atoms with van der Waals surface area (Å²) in [5.74, 6) is -2.71. The molecule has 0 N–H and O–H groups in total. The Kier molecular flexibility index (Phi) is 3.33. The number of benzene rings is 1. The molecule has 0 spiro atoms. The van der Waals surface area contributed by atoms with Crippen molar-refractivity contribution in [3.05, 3.63) is 22.2 Å². The summed E-state index contributed by atoms with van der Waals surface area (Å²) in [7, 11) is 1.15. The monoisotopic (exact) mass is 263 g/mol. The van der Waals surface area contributed by atoms with Gasteiger partial charge in [0.1, 0.15) is 5.69 Å². The summed E-state index contributed by atoms with van der Waals surface area (Å²) in [6.07, 6.45) is 1.22.